The van der Waals surface area contributed by atoms with Crippen LogP contribution in [0.1, 0.15) is 12.8 Å². The summed E-state index contributed by atoms with van der Waals surface area (Å²) in [7, 11) is 0. The molecule has 0 aromatic heterocycles. The van der Waals surface area contributed by atoms with Crippen LogP contribution < -0.4 is 0 Å². The van der Waals surface area contributed by atoms with E-state index in [4.69, 9.17) is 56.6 Å². The van der Waals surface area contributed by atoms with Crippen molar-refractivity contribution in [3.8, 4) is 11.5 Å². The zero-order valence-corrected chi connectivity index (χ0v) is 20.7. The maximum Gasteiger partial charge on any atom is 2.00 e. The van der Waals surface area contributed by atoms with Crippen LogP contribution in [0.5, 0.6) is 11.5 Å². The Morgan fingerprint density at radius 3 is 1.21 bits per heavy atom. The fourth-order valence-corrected chi connectivity index (χ4v) is 2.46. The molecular formula is C22H18Cl4O2Zr. The van der Waals surface area contributed by atoms with Crippen molar-refractivity contribution in [3.05, 3.63) is 105 Å². The van der Waals surface area contributed by atoms with Crippen molar-refractivity contribution in [3.63, 3.8) is 0 Å². The molecule has 2 nitrogen and oxygen atoms in total. The minimum atomic E-state index is 0. The first-order valence-corrected chi connectivity index (χ1v) is 9.63. The average Bonchev–Trinajstić information content (AvgIpc) is 3.41. The molecule has 2 aliphatic carbocycles. The summed E-state index contributed by atoms with van der Waals surface area (Å²) in [5.41, 5.74) is 0. The molecule has 0 heterocycles. The van der Waals surface area contributed by atoms with Gasteiger partial charge in [-0.15, -0.1) is 12.8 Å². The Morgan fingerprint density at radius 1 is 0.655 bits per heavy atom. The number of benzene rings is 2. The van der Waals surface area contributed by atoms with Crippen molar-refractivity contribution in [2.75, 3.05) is 0 Å². The number of allylic oxidation sites excluding steroid dienone is 8. The van der Waals surface area contributed by atoms with Crippen LogP contribution in [0.2, 0.25) is 20.1 Å². The second kappa shape index (κ2) is 16.8. The fraction of sp³-hybridized carbons (Fsp3) is 0.0909. The van der Waals surface area contributed by atoms with Crippen molar-refractivity contribution in [2.24, 2.45) is 0 Å². The molecule has 0 radical (unpaired) electrons. The Balaban J connectivity index is 0.000000369. The average molecular weight is 547 g/mol. The molecule has 2 aromatic rings. The summed E-state index contributed by atoms with van der Waals surface area (Å²) in [4.78, 5) is 0. The zero-order valence-electron chi connectivity index (χ0n) is 15.2. The molecule has 0 amide bonds. The number of phenols is 2. The number of phenolic OH excluding ortho intramolecular Hbond substituents is 2. The van der Waals surface area contributed by atoms with Gasteiger partial charge in [-0.25, -0.2) is 24.3 Å². The Hall–Kier alpha value is -0.957. The predicted octanol–water partition coefficient (Wildman–Crippen LogP) is 8.01. The minimum absolute atomic E-state index is 0. The van der Waals surface area contributed by atoms with Gasteiger partial charge in [0.1, 0.15) is 11.5 Å². The molecule has 0 saturated heterocycles. The van der Waals surface area contributed by atoms with Gasteiger partial charge < -0.3 is 10.2 Å². The SMILES string of the molecule is Oc1ccc(Cl)cc1Cl.Oc1ccc(Cl)cc1Cl.[C-]1=CC=CC1.[C-]1=CC=CC1.[Zr+2]. The maximum absolute atomic E-state index is 8.85. The third-order valence-corrected chi connectivity index (χ3v) is 4.07. The number of aromatic hydroxyl groups is 2. The third-order valence-electron chi connectivity index (χ3n) is 2.99. The Morgan fingerprint density at radius 2 is 1.03 bits per heavy atom. The topological polar surface area (TPSA) is 40.5 Å². The van der Waals surface area contributed by atoms with E-state index in [9.17, 15) is 0 Å². The van der Waals surface area contributed by atoms with E-state index in [-0.39, 0.29) is 47.7 Å². The van der Waals surface area contributed by atoms with Crippen LogP contribution in [0, 0.1) is 12.2 Å². The molecule has 0 bridgehead atoms. The van der Waals surface area contributed by atoms with Gasteiger partial charge in [-0.1, -0.05) is 46.4 Å². The third kappa shape index (κ3) is 13.8. The van der Waals surface area contributed by atoms with Crippen LogP contribution in [0.25, 0.3) is 0 Å². The van der Waals surface area contributed by atoms with E-state index in [1.807, 2.05) is 24.3 Å². The van der Waals surface area contributed by atoms with Crippen LogP contribution >= 0.6 is 46.4 Å². The molecule has 2 aromatic carbocycles. The second-order valence-electron chi connectivity index (χ2n) is 5.20. The maximum atomic E-state index is 8.85. The molecule has 29 heavy (non-hydrogen) atoms. The van der Waals surface area contributed by atoms with Crippen molar-refractivity contribution in [2.45, 2.75) is 12.8 Å². The van der Waals surface area contributed by atoms with E-state index in [1.165, 1.54) is 24.3 Å². The first kappa shape index (κ1) is 28.0. The van der Waals surface area contributed by atoms with Gasteiger partial charge in [-0.3, -0.25) is 12.2 Å². The minimum Gasteiger partial charge on any atom is -0.506 e. The summed E-state index contributed by atoms with van der Waals surface area (Å²) in [6, 6.07) is 9.01. The standard InChI is InChI=1S/2C6H4Cl2O.2C5H5.Zr/c2*7-4-1-2-6(9)5(8)3-4;2*1-2-4-5-3-1;/h2*1-3,9H;2*1-3H,4H2;/q;;2*-1;+2. The van der Waals surface area contributed by atoms with Crippen LogP contribution in [0.3, 0.4) is 0 Å². The van der Waals surface area contributed by atoms with E-state index in [0.717, 1.165) is 12.8 Å². The van der Waals surface area contributed by atoms with Crippen molar-refractivity contribution in [1.29, 1.82) is 0 Å². The number of halogens is 4. The molecule has 150 valence electrons. The number of hydrogen-bond donors (Lipinski definition) is 2. The Kier molecular flexibility index (Phi) is 16.2. The molecule has 0 spiro atoms. The van der Waals surface area contributed by atoms with Gasteiger partial charge in [0, 0.05) is 10.0 Å². The fourth-order valence-electron chi connectivity index (χ4n) is 1.64. The van der Waals surface area contributed by atoms with Crippen LogP contribution in [0.4, 0.5) is 0 Å². The second-order valence-corrected chi connectivity index (χ2v) is 6.88. The van der Waals surface area contributed by atoms with Crippen LogP contribution in [-0.4, -0.2) is 10.2 Å². The first-order chi connectivity index (χ1) is 13.4. The normalized spacial score (nSPS) is 12.0. The molecule has 2 N–H and O–H groups in total. The van der Waals surface area contributed by atoms with Crippen molar-refractivity contribution >= 4 is 46.4 Å². The van der Waals surface area contributed by atoms with Gasteiger partial charge in [0.25, 0.3) is 0 Å². The van der Waals surface area contributed by atoms with Gasteiger partial charge in [0.15, 0.2) is 0 Å². The smallest absolute Gasteiger partial charge is 0.506 e. The van der Waals surface area contributed by atoms with Crippen molar-refractivity contribution < 1.29 is 36.4 Å². The van der Waals surface area contributed by atoms with Crippen LogP contribution in [0.15, 0.2) is 72.9 Å². The summed E-state index contributed by atoms with van der Waals surface area (Å²) < 4.78 is 0. The van der Waals surface area contributed by atoms with E-state index in [0.29, 0.717) is 10.0 Å². The molecular weight excluding hydrogens is 529 g/mol. The first-order valence-electron chi connectivity index (χ1n) is 8.11. The molecule has 0 saturated carbocycles. The molecule has 4 rings (SSSR count). The van der Waals surface area contributed by atoms with Gasteiger partial charge in [-0.05, 0) is 36.4 Å². The quantitative estimate of drug-likeness (QED) is 0.328. The van der Waals surface area contributed by atoms with Gasteiger partial charge >= 0.3 is 26.2 Å². The van der Waals surface area contributed by atoms with Gasteiger partial charge in [0.05, 0.1) is 10.0 Å². The van der Waals surface area contributed by atoms with E-state index < -0.39 is 0 Å². The van der Waals surface area contributed by atoms with Crippen molar-refractivity contribution in [1.82, 2.24) is 0 Å². The summed E-state index contributed by atoms with van der Waals surface area (Å²) in [6.07, 6.45) is 20.0. The molecule has 0 aliphatic heterocycles. The summed E-state index contributed by atoms with van der Waals surface area (Å²) in [5, 5.41) is 19.3. The Bertz CT molecular complexity index is 770. The van der Waals surface area contributed by atoms with E-state index >= 15 is 0 Å². The van der Waals surface area contributed by atoms with Gasteiger partial charge in [0.2, 0.25) is 0 Å². The molecule has 0 atom stereocenters. The monoisotopic (exact) mass is 544 g/mol. The largest absolute Gasteiger partial charge is 2.00 e. The summed E-state index contributed by atoms with van der Waals surface area (Å²) in [5.74, 6) is 0.113. The molecule has 7 heteroatoms. The number of rotatable bonds is 0. The Labute approximate surface area is 210 Å². The van der Waals surface area contributed by atoms with E-state index in [2.05, 4.69) is 24.3 Å². The van der Waals surface area contributed by atoms with E-state index in [1.54, 1.807) is 12.1 Å². The van der Waals surface area contributed by atoms with Crippen LogP contribution in [-0.2, 0) is 26.2 Å². The number of hydrogen-bond acceptors (Lipinski definition) is 2. The molecule has 0 fully saturated rings. The zero-order chi connectivity index (χ0) is 20.8. The van der Waals surface area contributed by atoms with Gasteiger partial charge in [-0.2, -0.15) is 12.2 Å². The molecule has 2 aliphatic rings. The summed E-state index contributed by atoms with van der Waals surface area (Å²) in [6.45, 7) is 0. The summed E-state index contributed by atoms with van der Waals surface area (Å²) >= 11 is 22.0. The molecule has 0 unspecified atom stereocenters. The predicted molar refractivity (Wildman–Crippen MR) is 119 cm³/mol.